The fourth-order valence-electron chi connectivity index (χ4n) is 1.29. The number of benzene rings is 1. The number of rotatable bonds is 0. The van der Waals surface area contributed by atoms with Gasteiger partial charge < -0.3 is 0 Å². The van der Waals surface area contributed by atoms with Crippen LogP contribution >= 0.6 is 0 Å². The Bertz CT molecular complexity index is 580. The molecule has 0 fully saturated rings. The van der Waals surface area contributed by atoms with Gasteiger partial charge in [0.05, 0.1) is 0 Å². The topological polar surface area (TPSA) is 12.9 Å². The van der Waals surface area contributed by atoms with E-state index in [0.29, 0.717) is 0 Å². The lowest BCUT2D eigenvalue weighted by molar-refractivity contribution is 1.32. The summed E-state index contributed by atoms with van der Waals surface area (Å²) in [6.45, 7) is 0. The minimum absolute atomic E-state index is 0.823. The summed E-state index contributed by atoms with van der Waals surface area (Å²) >= 11 is 0. The van der Waals surface area contributed by atoms with E-state index in [1.54, 1.807) is 12.4 Å². The molecule has 0 atom stereocenters. The predicted octanol–water partition coefficient (Wildman–Crippen LogP) is 2.46. The third-order valence-corrected chi connectivity index (χ3v) is 2.10. The first kappa shape index (κ1) is 10.0. The molecular weight excluding hydrogens is 194 g/mol. The summed E-state index contributed by atoms with van der Waals surface area (Å²) in [7, 11) is 0. The highest BCUT2D eigenvalue weighted by molar-refractivity contribution is 5.51. The molecule has 0 aliphatic carbocycles. The summed E-state index contributed by atoms with van der Waals surface area (Å²) in [5.41, 5.74) is 2.63. The Hall–Kier alpha value is -2.51. The van der Waals surface area contributed by atoms with Crippen molar-refractivity contribution in [1.29, 1.82) is 0 Å². The average molecular weight is 203 g/mol. The van der Waals surface area contributed by atoms with Gasteiger partial charge in [-0.3, -0.25) is 4.98 Å². The first-order chi connectivity index (χ1) is 7.90. The molecule has 74 valence electrons. The zero-order valence-corrected chi connectivity index (χ0v) is 8.64. The van der Waals surface area contributed by atoms with Crippen LogP contribution in [0.2, 0.25) is 0 Å². The molecule has 2 aromatic rings. The summed E-state index contributed by atoms with van der Waals surface area (Å²) in [6, 6.07) is 11.4. The van der Waals surface area contributed by atoms with Crippen LogP contribution in [0.4, 0.5) is 0 Å². The van der Waals surface area contributed by atoms with Crippen molar-refractivity contribution < 1.29 is 0 Å². The molecule has 2 rings (SSSR count). The van der Waals surface area contributed by atoms with Crippen LogP contribution in [-0.2, 0) is 0 Å². The molecule has 1 heteroatoms. The highest BCUT2D eigenvalue weighted by atomic mass is 14.6. The Morgan fingerprint density at radius 2 is 1.56 bits per heavy atom. The molecule has 0 saturated heterocycles. The second-order valence-corrected chi connectivity index (χ2v) is 3.18. The molecule has 0 bridgehead atoms. The second-order valence-electron chi connectivity index (χ2n) is 3.18. The summed E-state index contributed by atoms with van der Waals surface area (Å²) in [4.78, 5) is 3.93. The molecule has 0 saturated carbocycles. The van der Waals surface area contributed by atoms with Crippen LogP contribution < -0.4 is 0 Å². The lowest BCUT2D eigenvalue weighted by Gasteiger charge is -1.94. The molecule has 0 aliphatic rings. The van der Waals surface area contributed by atoms with Gasteiger partial charge in [-0.05, 0) is 24.3 Å². The van der Waals surface area contributed by atoms with Gasteiger partial charge in [0, 0.05) is 29.1 Å². The molecule has 0 spiro atoms. The van der Waals surface area contributed by atoms with Gasteiger partial charge in [-0.1, -0.05) is 29.9 Å². The van der Waals surface area contributed by atoms with Crippen LogP contribution in [0, 0.1) is 24.2 Å². The molecule has 1 nitrogen and oxygen atoms in total. The Kier molecular flexibility index (Phi) is 3.02. The van der Waals surface area contributed by atoms with E-state index >= 15 is 0 Å². The molecule has 0 N–H and O–H groups in total. The van der Waals surface area contributed by atoms with Crippen molar-refractivity contribution in [3.05, 3.63) is 65.5 Å². The van der Waals surface area contributed by atoms with E-state index in [0.717, 1.165) is 16.7 Å². The number of pyridine rings is 1. The summed E-state index contributed by atoms with van der Waals surface area (Å²) in [5, 5.41) is 0. The highest BCUT2D eigenvalue weighted by Gasteiger charge is 1.93. The van der Waals surface area contributed by atoms with Crippen molar-refractivity contribution in [3.63, 3.8) is 0 Å². The predicted molar refractivity (Wildman–Crippen MR) is 64.6 cm³/mol. The van der Waals surface area contributed by atoms with E-state index in [-0.39, 0.29) is 0 Å². The number of hydrogen-bond donors (Lipinski definition) is 0. The van der Waals surface area contributed by atoms with Crippen LogP contribution in [0.15, 0.2) is 48.8 Å². The van der Waals surface area contributed by atoms with Gasteiger partial charge in [0.15, 0.2) is 0 Å². The minimum atomic E-state index is 0.823. The zero-order chi connectivity index (χ0) is 11.2. The first-order valence-electron chi connectivity index (χ1n) is 4.88. The van der Waals surface area contributed by atoms with Crippen molar-refractivity contribution in [3.8, 4) is 24.2 Å². The number of terminal acetylenes is 1. The number of nitrogens with zero attached hydrogens (tertiary/aromatic N) is 1. The van der Waals surface area contributed by atoms with E-state index in [1.807, 2.05) is 36.4 Å². The third-order valence-electron chi connectivity index (χ3n) is 2.10. The van der Waals surface area contributed by atoms with E-state index in [1.165, 1.54) is 0 Å². The summed E-state index contributed by atoms with van der Waals surface area (Å²) in [5.74, 6) is 8.73. The van der Waals surface area contributed by atoms with Crippen LogP contribution in [-0.4, -0.2) is 4.98 Å². The Morgan fingerprint density at radius 1 is 0.875 bits per heavy atom. The maximum Gasteiger partial charge on any atom is 0.0405 e. The lowest BCUT2D eigenvalue weighted by atomic mass is 10.1. The average Bonchev–Trinajstić information content (AvgIpc) is 2.38. The van der Waals surface area contributed by atoms with Crippen LogP contribution in [0.3, 0.4) is 0 Å². The zero-order valence-electron chi connectivity index (χ0n) is 8.64. The summed E-state index contributed by atoms with van der Waals surface area (Å²) in [6.07, 6.45) is 8.83. The fourth-order valence-corrected chi connectivity index (χ4v) is 1.29. The highest BCUT2D eigenvalue weighted by Crippen LogP contribution is 2.05. The van der Waals surface area contributed by atoms with Crippen molar-refractivity contribution in [2.45, 2.75) is 0 Å². The third kappa shape index (κ3) is 2.29. The van der Waals surface area contributed by atoms with Gasteiger partial charge in [-0.25, -0.2) is 0 Å². The SMILES string of the molecule is C#Cc1ccccc1C#Cc1ccncc1. The van der Waals surface area contributed by atoms with Crippen molar-refractivity contribution in [1.82, 2.24) is 4.98 Å². The molecule has 0 amide bonds. The van der Waals surface area contributed by atoms with Gasteiger partial charge in [0.25, 0.3) is 0 Å². The number of hydrogen-bond acceptors (Lipinski definition) is 1. The van der Waals surface area contributed by atoms with E-state index in [2.05, 4.69) is 22.7 Å². The molecule has 1 heterocycles. The maximum absolute atomic E-state index is 5.39. The number of aromatic nitrogens is 1. The standard InChI is InChI=1S/C15H9N/c1-2-14-5-3-4-6-15(14)8-7-13-9-11-16-12-10-13/h1,3-6,9-12H. The van der Waals surface area contributed by atoms with Gasteiger partial charge in [-0.2, -0.15) is 0 Å². The van der Waals surface area contributed by atoms with Gasteiger partial charge in [-0.15, -0.1) is 6.42 Å². The molecule has 0 aliphatic heterocycles. The largest absolute Gasteiger partial charge is 0.265 e. The maximum atomic E-state index is 5.39. The fraction of sp³-hybridized carbons (Fsp3) is 0. The van der Waals surface area contributed by atoms with E-state index in [9.17, 15) is 0 Å². The monoisotopic (exact) mass is 203 g/mol. The van der Waals surface area contributed by atoms with Crippen molar-refractivity contribution in [2.24, 2.45) is 0 Å². The van der Waals surface area contributed by atoms with Crippen LogP contribution in [0.25, 0.3) is 0 Å². The smallest absolute Gasteiger partial charge is 0.0405 e. The Balaban J connectivity index is 2.36. The minimum Gasteiger partial charge on any atom is -0.265 e. The van der Waals surface area contributed by atoms with Gasteiger partial charge >= 0.3 is 0 Å². The molecule has 16 heavy (non-hydrogen) atoms. The van der Waals surface area contributed by atoms with E-state index < -0.39 is 0 Å². The first-order valence-corrected chi connectivity index (χ1v) is 4.88. The normalized spacial score (nSPS) is 8.69. The Labute approximate surface area is 95.2 Å². The second kappa shape index (κ2) is 4.82. The van der Waals surface area contributed by atoms with Gasteiger partial charge in [0.1, 0.15) is 0 Å². The van der Waals surface area contributed by atoms with Crippen molar-refractivity contribution >= 4 is 0 Å². The Morgan fingerprint density at radius 3 is 2.25 bits per heavy atom. The molecule has 1 aromatic carbocycles. The quantitative estimate of drug-likeness (QED) is 0.599. The molecule has 0 radical (unpaired) electrons. The molecule has 0 unspecified atom stereocenters. The van der Waals surface area contributed by atoms with Crippen LogP contribution in [0.1, 0.15) is 16.7 Å². The van der Waals surface area contributed by atoms with E-state index in [4.69, 9.17) is 6.42 Å². The summed E-state index contributed by atoms with van der Waals surface area (Å²) < 4.78 is 0. The molecule has 1 aromatic heterocycles. The van der Waals surface area contributed by atoms with Crippen molar-refractivity contribution in [2.75, 3.05) is 0 Å². The van der Waals surface area contributed by atoms with Crippen LogP contribution in [0.5, 0.6) is 0 Å². The lowest BCUT2D eigenvalue weighted by Crippen LogP contribution is -1.82. The molecular formula is C15H9N. The van der Waals surface area contributed by atoms with Gasteiger partial charge in [0.2, 0.25) is 0 Å².